The second-order valence-corrected chi connectivity index (χ2v) is 4.86. The number of benzene rings is 1. The van der Waals surface area contributed by atoms with Crippen LogP contribution in [-0.4, -0.2) is 10.9 Å². The fourth-order valence-corrected chi connectivity index (χ4v) is 1.77. The van der Waals surface area contributed by atoms with Gasteiger partial charge >= 0.3 is 0 Å². The molecule has 20 heavy (non-hydrogen) atoms. The van der Waals surface area contributed by atoms with Gasteiger partial charge in [0, 0.05) is 12.3 Å². The van der Waals surface area contributed by atoms with Crippen LogP contribution in [0, 0.1) is 0 Å². The van der Waals surface area contributed by atoms with Crippen LogP contribution in [0.3, 0.4) is 0 Å². The molecule has 1 aromatic carbocycles. The number of rotatable bonds is 4. The maximum absolute atomic E-state index is 11.7. The molecule has 3 heteroatoms. The average molecular weight is 266 g/mol. The molecule has 1 heterocycles. The number of nitrogens with one attached hydrogen (secondary N) is 1. The van der Waals surface area contributed by atoms with E-state index in [2.05, 4.69) is 36.3 Å². The Balaban J connectivity index is 1.97. The Hall–Kier alpha value is -2.42. The second kappa shape index (κ2) is 6.66. The standard InChI is InChI=1S/C17H18N2O/c1-13(2)15-9-6-14(7-10-15)8-11-17(20)19-16-5-3-4-12-18-16/h3-13H,1-2H3,(H,18,19,20)/b11-8+. The summed E-state index contributed by atoms with van der Waals surface area (Å²) in [7, 11) is 0. The van der Waals surface area contributed by atoms with E-state index in [1.165, 1.54) is 11.6 Å². The van der Waals surface area contributed by atoms with Crippen LogP contribution in [0.25, 0.3) is 6.08 Å². The minimum atomic E-state index is -0.184. The summed E-state index contributed by atoms with van der Waals surface area (Å²) in [6, 6.07) is 13.6. The Morgan fingerprint density at radius 2 is 1.90 bits per heavy atom. The minimum Gasteiger partial charge on any atom is -0.307 e. The van der Waals surface area contributed by atoms with Gasteiger partial charge in [0.2, 0.25) is 5.91 Å². The Bertz CT molecular complexity index is 586. The molecular formula is C17H18N2O. The summed E-state index contributed by atoms with van der Waals surface area (Å²) in [5, 5.41) is 2.70. The summed E-state index contributed by atoms with van der Waals surface area (Å²) in [6.45, 7) is 4.32. The summed E-state index contributed by atoms with van der Waals surface area (Å²) in [5.74, 6) is 0.884. The van der Waals surface area contributed by atoms with Gasteiger partial charge in [-0.3, -0.25) is 4.79 Å². The fourth-order valence-electron chi connectivity index (χ4n) is 1.77. The zero-order valence-electron chi connectivity index (χ0n) is 11.7. The molecule has 0 atom stereocenters. The van der Waals surface area contributed by atoms with Crippen molar-refractivity contribution < 1.29 is 4.79 Å². The topological polar surface area (TPSA) is 42.0 Å². The average Bonchev–Trinajstić information content (AvgIpc) is 2.46. The first-order valence-corrected chi connectivity index (χ1v) is 6.65. The van der Waals surface area contributed by atoms with E-state index < -0.39 is 0 Å². The number of carbonyl (C=O) groups excluding carboxylic acids is 1. The largest absolute Gasteiger partial charge is 0.307 e. The second-order valence-electron chi connectivity index (χ2n) is 4.86. The number of hydrogen-bond donors (Lipinski definition) is 1. The fraction of sp³-hybridized carbons (Fsp3) is 0.176. The molecule has 1 aromatic heterocycles. The Kier molecular flexibility index (Phi) is 4.66. The van der Waals surface area contributed by atoms with Crippen molar-refractivity contribution in [3.63, 3.8) is 0 Å². The van der Waals surface area contributed by atoms with Crippen molar-refractivity contribution in [2.75, 3.05) is 5.32 Å². The first-order valence-electron chi connectivity index (χ1n) is 6.65. The van der Waals surface area contributed by atoms with E-state index >= 15 is 0 Å². The molecule has 0 spiro atoms. The maximum Gasteiger partial charge on any atom is 0.249 e. The molecule has 0 fully saturated rings. The van der Waals surface area contributed by atoms with Gasteiger partial charge in [0.05, 0.1) is 0 Å². The highest BCUT2D eigenvalue weighted by molar-refractivity contribution is 6.01. The number of pyridine rings is 1. The third-order valence-corrected chi connectivity index (χ3v) is 2.95. The molecule has 0 aliphatic carbocycles. The summed E-state index contributed by atoms with van der Waals surface area (Å²) >= 11 is 0. The lowest BCUT2D eigenvalue weighted by Crippen LogP contribution is -2.08. The quantitative estimate of drug-likeness (QED) is 0.854. The predicted octanol–water partition coefficient (Wildman–Crippen LogP) is 3.86. The number of nitrogens with zero attached hydrogens (tertiary/aromatic N) is 1. The Morgan fingerprint density at radius 3 is 2.50 bits per heavy atom. The van der Waals surface area contributed by atoms with Gasteiger partial charge in [0.25, 0.3) is 0 Å². The van der Waals surface area contributed by atoms with Crippen molar-refractivity contribution in [3.8, 4) is 0 Å². The normalized spacial score (nSPS) is 10.9. The molecule has 0 aliphatic rings. The zero-order valence-corrected chi connectivity index (χ0v) is 11.7. The number of anilines is 1. The van der Waals surface area contributed by atoms with Gasteiger partial charge in [-0.2, -0.15) is 0 Å². The van der Waals surface area contributed by atoms with Gasteiger partial charge < -0.3 is 5.32 Å². The van der Waals surface area contributed by atoms with Crippen LogP contribution < -0.4 is 5.32 Å². The molecule has 102 valence electrons. The molecule has 1 N–H and O–H groups in total. The van der Waals surface area contributed by atoms with E-state index in [4.69, 9.17) is 0 Å². The lowest BCUT2D eigenvalue weighted by molar-refractivity contribution is -0.111. The number of carbonyl (C=O) groups is 1. The van der Waals surface area contributed by atoms with Gasteiger partial charge in [-0.15, -0.1) is 0 Å². The van der Waals surface area contributed by atoms with E-state index in [9.17, 15) is 4.79 Å². The van der Waals surface area contributed by atoms with E-state index in [1.54, 1.807) is 18.3 Å². The number of hydrogen-bond acceptors (Lipinski definition) is 2. The molecule has 1 amide bonds. The molecule has 0 saturated heterocycles. The van der Waals surface area contributed by atoms with Crippen molar-refractivity contribution in [1.82, 2.24) is 4.98 Å². The smallest absolute Gasteiger partial charge is 0.249 e. The maximum atomic E-state index is 11.7. The van der Waals surface area contributed by atoms with Gasteiger partial charge in [-0.05, 0) is 35.3 Å². The first kappa shape index (κ1) is 14.0. The van der Waals surface area contributed by atoms with E-state index in [0.717, 1.165) is 5.56 Å². The minimum absolute atomic E-state index is 0.184. The van der Waals surface area contributed by atoms with Crippen molar-refractivity contribution in [3.05, 3.63) is 65.9 Å². The monoisotopic (exact) mass is 266 g/mol. The van der Waals surface area contributed by atoms with Crippen LogP contribution in [-0.2, 0) is 4.79 Å². The summed E-state index contributed by atoms with van der Waals surface area (Å²) in [5.41, 5.74) is 2.30. The molecule has 3 nitrogen and oxygen atoms in total. The molecule has 0 saturated carbocycles. The lowest BCUT2D eigenvalue weighted by atomic mass is 10.0. The van der Waals surface area contributed by atoms with E-state index in [0.29, 0.717) is 11.7 Å². The molecule has 2 aromatic rings. The summed E-state index contributed by atoms with van der Waals surface area (Å²) in [6.07, 6.45) is 4.95. The lowest BCUT2D eigenvalue weighted by Gasteiger charge is -2.04. The van der Waals surface area contributed by atoms with Gasteiger partial charge in [0.1, 0.15) is 5.82 Å². The van der Waals surface area contributed by atoms with Crippen LogP contribution in [0.4, 0.5) is 5.82 Å². The van der Waals surface area contributed by atoms with Gasteiger partial charge in [-0.25, -0.2) is 4.98 Å². The number of aromatic nitrogens is 1. The molecule has 2 rings (SSSR count). The van der Waals surface area contributed by atoms with Crippen LogP contribution in [0.5, 0.6) is 0 Å². The van der Waals surface area contributed by atoms with Crippen LogP contribution in [0.1, 0.15) is 30.9 Å². The summed E-state index contributed by atoms with van der Waals surface area (Å²) in [4.78, 5) is 15.8. The van der Waals surface area contributed by atoms with E-state index in [1.807, 2.05) is 24.3 Å². The predicted molar refractivity (Wildman–Crippen MR) is 82.4 cm³/mol. The molecule has 0 aliphatic heterocycles. The highest BCUT2D eigenvalue weighted by Crippen LogP contribution is 2.15. The third kappa shape index (κ3) is 4.05. The molecular weight excluding hydrogens is 248 g/mol. The third-order valence-electron chi connectivity index (χ3n) is 2.95. The van der Waals surface area contributed by atoms with Gasteiger partial charge in [-0.1, -0.05) is 44.2 Å². The van der Waals surface area contributed by atoms with Crippen LogP contribution in [0.2, 0.25) is 0 Å². The Morgan fingerprint density at radius 1 is 1.15 bits per heavy atom. The molecule has 0 bridgehead atoms. The van der Waals surface area contributed by atoms with Crippen molar-refractivity contribution in [1.29, 1.82) is 0 Å². The molecule has 0 radical (unpaired) electrons. The first-order chi connectivity index (χ1) is 9.65. The highest BCUT2D eigenvalue weighted by atomic mass is 16.1. The van der Waals surface area contributed by atoms with Crippen LogP contribution in [0.15, 0.2) is 54.7 Å². The molecule has 0 unspecified atom stereocenters. The zero-order chi connectivity index (χ0) is 14.4. The van der Waals surface area contributed by atoms with Crippen molar-refractivity contribution >= 4 is 17.8 Å². The highest BCUT2D eigenvalue weighted by Gasteiger charge is 1.99. The van der Waals surface area contributed by atoms with Crippen LogP contribution >= 0.6 is 0 Å². The SMILES string of the molecule is CC(C)c1ccc(/C=C/C(=O)Nc2ccccn2)cc1. The number of amides is 1. The Labute approximate surface area is 119 Å². The van der Waals surface area contributed by atoms with Crippen molar-refractivity contribution in [2.24, 2.45) is 0 Å². The van der Waals surface area contributed by atoms with Crippen molar-refractivity contribution in [2.45, 2.75) is 19.8 Å². The van der Waals surface area contributed by atoms with Gasteiger partial charge in [0.15, 0.2) is 0 Å². The van der Waals surface area contributed by atoms with E-state index in [-0.39, 0.29) is 5.91 Å². The summed E-state index contributed by atoms with van der Waals surface area (Å²) < 4.78 is 0.